The van der Waals surface area contributed by atoms with Gasteiger partial charge in [-0.25, -0.2) is 0 Å². The van der Waals surface area contributed by atoms with Crippen LogP contribution in [0.15, 0.2) is 47.1 Å². The Kier molecular flexibility index (Phi) is 4.15. The highest BCUT2D eigenvalue weighted by atomic mass is 35.5. The van der Waals surface area contributed by atoms with Crippen LogP contribution in [-0.2, 0) is 0 Å². The molecule has 4 aromatic rings. The Morgan fingerprint density at radius 1 is 1.19 bits per heavy atom. The van der Waals surface area contributed by atoms with Crippen molar-refractivity contribution in [3.63, 3.8) is 0 Å². The lowest BCUT2D eigenvalue weighted by atomic mass is 10.0. The normalized spacial score (nSPS) is 16.3. The van der Waals surface area contributed by atoms with Crippen molar-refractivity contribution in [1.82, 2.24) is 14.6 Å². The van der Waals surface area contributed by atoms with Crippen LogP contribution in [-0.4, -0.2) is 32.8 Å². The maximum Gasteiger partial charge on any atom is 0.235 e. The van der Waals surface area contributed by atoms with Crippen molar-refractivity contribution >= 4 is 27.9 Å². The zero-order valence-electron chi connectivity index (χ0n) is 14.4. The average Bonchev–Trinajstić information content (AvgIpc) is 3.44. The molecule has 0 aliphatic carbocycles. The summed E-state index contributed by atoms with van der Waals surface area (Å²) in [4.78, 5) is 7.44. The number of aromatic hydroxyl groups is 1. The van der Waals surface area contributed by atoms with Crippen molar-refractivity contribution in [3.8, 4) is 17.5 Å². The number of aromatic nitrogens is 3. The highest BCUT2D eigenvalue weighted by Crippen LogP contribution is 2.38. The van der Waals surface area contributed by atoms with Crippen LogP contribution in [0.3, 0.4) is 0 Å². The lowest BCUT2D eigenvalue weighted by molar-refractivity contribution is -0.913. The van der Waals surface area contributed by atoms with Crippen molar-refractivity contribution in [2.24, 2.45) is 0 Å². The first-order chi connectivity index (χ1) is 13.2. The molecule has 1 aromatic carbocycles. The first-order valence-corrected chi connectivity index (χ1v) is 10.1. The number of quaternary nitrogens is 1. The zero-order chi connectivity index (χ0) is 18.4. The van der Waals surface area contributed by atoms with Gasteiger partial charge in [0, 0.05) is 18.4 Å². The Balaban J connectivity index is 1.63. The van der Waals surface area contributed by atoms with E-state index in [1.165, 1.54) is 33.6 Å². The van der Waals surface area contributed by atoms with E-state index in [4.69, 9.17) is 16.0 Å². The molecule has 0 spiro atoms. The number of fused-ring (bicyclic) bond motifs is 1. The number of rotatable bonds is 4. The molecule has 4 heterocycles. The molecule has 1 aliphatic heterocycles. The summed E-state index contributed by atoms with van der Waals surface area (Å²) in [6, 6.07) is 11.4. The Labute approximate surface area is 164 Å². The number of nitrogens with one attached hydrogen (secondary N) is 1. The summed E-state index contributed by atoms with van der Waals surface area (Å²) in [7, 11) is 0. The number of nitrogens with zero attached hydrogens (tertiary/aromatic N) is 3. The van der Waals surface area contributed by atoms with Gasteiger partial charge >= 0.3 is 0 Å². The molecule has 8 heteroatoms. The van der Waals surface area contributed by atoms with E-state index in [9.17, 15) is 5.11 Å². The monoisotopic (exact) mass is 401 g/mol. The van der Waals surface area contributed by atoms with Crippen LogP contribution in [0.25, 0.3) is 16.5 Å². The third kappa shape index (κ3) is 2.82. The fourth-order valence-electron chi connectivity index (χ4n) is 3.82. The quantitative estimate of drug-likeness (QED) is 0.551. The highest BCUT2D eigenvalue weighted by Gasteiger charge is 2.35. The first kappa shape index (κ1) is 16.8. The second kappa shape index (κ2) is 6.67. The summed E-state index contributed by atoms with van der Waals surface area (Å²) in [5.74, 6) is 1.18. The van der Waals surface area contributed by atoms with Gasteiger partial charge in [0.1, 0.15) is 4.88 Å². The van der Waals surface area contributed by atoms with E-state index in [1.807, 2.05) is 24.3 Å². The molecule has 0 radical (unpaired) electrons. The molecule has 1 atom stereocenters. The van der Waals surface area contributed by atoms with Crippen LogP contribution in [0.5, 0.6) is 5.88 Å². The van der Waals surface area contributed by atoms with Gasteiger partial charge in [0.2, 0.25) is 16.7 Å². The summed E-state index contributed by atoms with van der Waals surface area (Å²) >= 11 is 7.98. The molecule has 6 nitrogen and oxygen atoms in total. The number of hydrogen-bond donors (Lipinski definition) is 2. The Morgan fingerprint density at radius 3 is 2.70 bits per heavy atom. The van der Waals surface area contributed by atoms with Gasteiger partial charge in [0.15, 0.2) is 11.8 Å². The van der Waals surface area contributed by atoms with Crippen LogP contribution in [0.4, 0.5) is 0 Å². The number of furan rings is 1. The van der Waals surface area contributed by atoms with E-state index in [0.29, 0.717) is 16.5 Å². The molecular formula is C19H18ClN4O2S+. The predicted molar refractivity (Wildman–Crippen MR) is 103 cm³/mol. The van der Waals surface area contributed by atoms with E-state index in [1.54, 1.807) is 18.4 Å². The third-order valence-corrected chi connectivity index (χ3v) is 6.50. The molecule has 5 rings (SSSR count). The van der Waals surface area contributed by atoms with Gasteiger partial charge < -0.3 is 14.4 Å². The van der Waals surface area contributed by atoms with Gasteiger partial charge in [-0.05, 0) is 18.2 Å². The molecule has 27 heavy (non-hydrogen) atoms. The smallest absolute Gasteiger partial charge is 0.235 e. The number of hydrogen-bond acceptors (Lipinski definition) is 5. The standard InChI is InChI=1S/C19H17ClN4O2S/c20-13-7-2-1-6-12(13)15(23-9-3-4-10-23)16-18(25)24-19(27-16)21-17(22-24)14-8-5-11-26-14/h1-2,5-8,11,15,25H,3-4,9-10H2/p+1/t15-/m0/s1. The van der Waals surface area contributed by atoms with Crippen LogP contribution >= 0.6 is 22.9 Å². The first-order valence-electron chi connectivity index (χ1n) is 8.93. The van der Waals surface area contributed by atoms with Crippen molar-refractivity contribution in [3.05, 3.63) is 58.1 Å². The van der Waals surface area contributed by atoms with E-state index in [2.05, 4.69) is 10.1 Å². The van der Waals surface area contributed by atoms with Crippen molar-refractivity contribution < 1.29 is 14.4 Å². The molecule has 2 N–H and O–H groups in total. The Bertz CT molecular complexity index is 1080. The van der Waals surface area contributed by atoms with Gasteiger partial charge in [-0.15, -0.1) is 5.10 Å². The highest BCUT2D eigenvalue weighted by molar-refractivity contribution is 7.17. The predicted octanol–water partition coefficient (Wildman–Crippen LogP) is 3.18. The molecule has 3 aromatic heterocycles. The minimum absolute atomic E-state index is 0.0261. The summed E-state index contributed by atoms with van der Waals surface area (Å²) < 4.78 is 6.86. The van der Waals surface area contributed by atoms with Crippen LogP contribution in [0, 0.1) is 0 Å². The third-order valence-electron chi connectivity index (χ3n) is 5.07. The second-order valence-corrected chi connectivity index (χ2v) is 8.13. The lowest BCUT2D eigenvalue weighted by Crippen LogP contribution is -3.10. The van der Waals surface area contributed by atoms with E-state index in [0.717, 1.165) is 28.6 Å². The number of halogens is 1. The summed E-state index contributed by atoms with van der Waals surface area (Å²) in [6.45, 7) is 2.11. The van der Waals surface area contributed by atoms with E-state index < -0.39 is 0 Å². The fourth-order valence-corrected chi connectivity index (χ4v) is 5.20. The van der Waals surface area contributed by atoms with Crippen LogP contribution in [0.2, 0.25) is 5.02 Å². The van der Waals surface area contributed by atoms with Gasteiger partial charge in [-0.1, -0.05) is 41.1 Å². The van der Waals surface area contributed by atoms with Gasteiger partial charge in [0.05, 0.1) is 24.4 Å². The van der Waals surface area contributed by atoms with E-state index in [-0.39, 0.29) is 11.9 Å². The lowest BCUT2D eigenvalue weighted by Gasteiger charge is -2.24. The van der Waals surface area contributed by atoms with Crippen molar-refractivity contribution in [2.45, 2.75) is 18.9 Å². The Hall–Kier alpha value is -2.35. The van der Waals surface area contributed by atoms with Gasteiger partial charge in [-0.3, -0.25) is 0 Å². The SMILES string of the molecule is Oc1c([C@H](c2ccccc2Cl)[NH+]2CCCC2)sc2nc(-c3ccco3)nn12. The minimum atomic E-state index is -0.0261. The van der Waals surface area contributed by atoms with E-state index >= 15 is 0 Å². The van der Waals surface area contributed by atoms with Gasteiger partial charge in [-0.2, -0.15) is 9.50 Å². The molecule has 0 unspecified atom stereocenters. The second-order valence-electron chi connectivity index (χ2n) is 6.72. The summed E-state index contributed by atoms with van der Waals surface area (Å²) in [5, 5.41) is 16.1. The van der Waals surface area contributed by atoms with Gasteiger partial charge in [0.25, 0.3) is 0 Å². The fraction of sp³-hybridized carbons (Fsp3) is 0.263. The average molecular weight is 402 g/mol. The largest absolute Gasteiger partial charge is 0.492 e. The van der Waals surface area contributed by atoms with Crippen molar-refractivity contribution in [2.75, 3.05) is 13.1 Å². The molecule has 1 saturated heterocycles. The summed E-state index contributed by atoms with van der Waals surface area (Å²) in [6.07, 6.45) is 3.95. The molecule has 1 aliphatic rings. The summed E-state index contributed by atoms with van der Waals surface area (Å²) in [5.41, 5.74) is 1.03. The maximum atomic E-state index is 11.0. The van der Waals surface area contributed by atoms with Crippen molar-refractivity contribution in [1.29, 1.82) is 0 Å². The molecular weight excluding hydrogens is 384 g/mol. The molecule has 0 bridgehead atoms. The number of likely N-dealkylation sites (tertiary alicyclic amines) is 1. The maximum absolute atomic E-state index is 11.0. The molecule has 138 valence electrons. The topological polar surface area (TPSA) is 68.0 Å². The molecule has 1 fully saturated rings. The minimum Gasteiger partial charge on any atom is -0.492 e. The molecule has 0 saturated carbocycles. The zero-order valence-corrected chi connectivity index (χ0v) is 16.0. The Morgan fingerprint density at radius 2 is 2.00 bits per heavy atom. The van der Waals surface area contributed by atoms with Crippen LogP contribution < -0.4 is 4.90 Å². The van der Waals surface area contributed by atoms with Crippen LogP contribution in [0.1, 0.15) is 29.3 Å². The number of thiazole rings is 1. The molecule has 0 amide bonds. The number of benzene rings is 1.